The van der Waals surface area contributed by atoms with Crippen LogP contribution >= 0.6 is 15.9 Å². The van der Waals surface area contributed by atoms with Crippen molar-refractivity contribution in [3.05, 3.63) is 99.5 Å². The molecule has 0 amide bonds. The van der Waals surface area contributed by atoms with E-state index in [1.807, 2.05) is 48.5 Å². The normalized spacial score (nSPS) is 18.4. The van der Waals surface area contributed by atoms with Crippen LogP contribution in [-0.2, 0) is 12.1 Å². The van der Waals surface area contributed by atoms with Crippen LogP contribution in [0.3, 0.4) is 0 Å². The number of halogens is 1. The minimum atomic E-state index is -1.31. The molecule has 3 aromatic rings. The Morgan fingerprint density at radius 1 is 0.848 bits per heavy atom. The fourth-order valence-electron chi connectivity index (χ4n) is 5.05. The van der Waals surface area contributed by atoms with Gasteiger partial charge >= 0.3 is 0 Å². The van der Waals surface area contributed by atoms with Gasteiger partial charge in [-0.3, -0.25) is 19.4 Å². The van der Waals surface area contributed by atoms with E-state index in [1.54, 1.807) is 19.2 Å². The zero-order valence-corrected chi connectivity index (χ0v) is 20.0. The second-order valence-corrected chi connectivity index (χ2v) is 9.45. The van der Waals surface area contributed by atoms with Crippen LogP contribution < -0.4 is 4.74 Å². The molecule has 0 unspecified atom stereocenters. The number of ether oxygens (including phenoxy) is 1. The Labute approximate surface area is 202 Å². The molecule has 2 aliphatic rings. The van der Waals surface area contributed by atoms with Gasteiger partial charge in [0.1, 0.15) is 5.75 Å². The van der Waals surface area contributed by atoms with E-state index in [2.05, 4.69) is 37.9 Å². The van der Waals surface area contributed by atoms with Crippen molar-refractivity contribution < 1.29 is 14.3 Å². The number of Topliss-reactive ketones (excluding diaryl/α,β-unsaturated/α-hetero) is 2. The molecule has 0 bridgehead atoms. The van der Waals surface area contributed by atoms with Crippen LogP contribution in [0.1, 0.15) is 31.8 Å². The number of rotatable bonds is 5. The summed E-state index contributed by atoms with van der Waals surface area (Å²) in [5.41, 5.74) is 1.67. The molecule has 1 heterocycles. The Bertz CT molecular complexity index is 1160. The van der Waals surface area contributed by atoms with Crippen LogP contribution in [0.5, 0.6) is 5.75 Å². The van der Waals surface area contributed by atoms with Gasteiger partial charge in [0.15, 0.2) is 17.1 Å². The molecule has 1 aliphatic carbocycles. The molecule has 0 radical (unpaired) electrons. The number of benzene rings is 3. The van der Waals surface area contributed by atoms with E-state index in [9.17, 15) is 9.59 Å². The first-order chi connectivity index (χ1) is 16.0. The van der Waals surface area contributed by atoms with Crippen LogP contribution in [-0.4, -0.2) is 54.7 Å². The third-order valence-corrected chi connectivity index (χ3v) is 7.22. The molecule has 0 saturated carbocycles. The summed E-state index contributed by atoms with van der Waals surface area (Å²) in [6, 6.07) is 22.9. The number of fused-ring (bicyclic) bond motifs is 1. The van der Waals surface area contributed by atoms with Gasteiger partial charge in [0.2, 0.25) is 0 Å². The SMILES string of the molecule is COc1ccc(CN2CCN(C3(c4cccc(Br)c4)C(=O)c4ccccc4C3=O)CC2)cc1. The van der Waals surface area contributed by atoms with E-state index in [0.29, 0.717) is 24.2 Å². The first kappa shape index (κ1) is 22.0. The molecule has 0 aromatic heterocycles. The van der Waals surface area contributed by atoms with E-state index in [0.717, 1.165) is 35.4 Å². The van der Waals surface area contributed by atoms with Crippen LogP contribution in [0.15, 0.2) is 77.3 Å². The van der Waals surface area contributed by atoms with Crippen molar-refractivity contribution in [2.75, 3.05) is 33.3 Å². The lowest BCUT2D eigenvalue weighted by atomic mass is 9.82. The van der Waals surface area contributed by atoms with Gasteiger partial charge in [0, 0.05) is 48.3 Å². The highest BCUT2D eigenvalue weighted by Crippen LogP contribution is 2.43. The van der Waals surface area contributed by atoms with Crippen molar-refractivity contribution in [2.45, 2.75) is 12.1 Å². The predicted octanol–water partition coefficient (Wildman–Crippen LogP) is 4.55. The molecule has 1 aliphatic heterocycles. The number of hydrogen-bond donors (Lipinski definition) is 0. The van der Waals surface area contributed by atoms with Crippen LogP contribution in [0.4, 0.5) is 0 Å². The Morgan fingerprint density at radius 2 is 1.48 bits per heavy atom. The summed E-state index contributed by atoms with van der Waals surface area (Å²) >= 11 is 3.53. The van der Waals surface area contributed by atoms with Crippen molar-refractivity contribution in [1.29, 1.82) is 0 Å². The molecule has 0 atom stereocenters. The predicted molar refractivity (Wildman–Crippen MR) is 131 cm³/mol. The zero-order chi connectivity index (χ0) is 23.0. The quantitative estimate of drug-likeness (QED) is 0.477. The maximum atomic E-state index is 13.9. The maximum Gasteiger partial charge on any atom is 0.196 e. The molecular weight excluding hydrogens is 480 g/mol. The maximum absolute atomic E-state index is 13.9. The summed E-state index contributed by atoms with van der Waals surface area (Å²) < 4.78 is 6.11. The lowest BCUT2D eigenvalue weighted by molar-refractivity contribution is 0.0279. The fraction of sp³-hybridized carbons (Fsp3) is 0.259. The van der Waals surface area contributed by atoms with E-state index >= 15 is 0 Å². The molecule has 3 aromatic carbocycles. The third kappa shape index (κ3) is 3.72. The first-order valence-electron chi connectivity index (χ1n) is 11.1. The summed E-state index contributed by atoms with van der Waals surface area (Å²) in [5.74, 6) is 0.604. The summed E-state index contributed by atoms with van der Waals surface area (Å²) in [7, 11) is 1.67. The number of carbonyl (C=O) groups excluding carboxylic acids is 2. The van der Waals surface area contributed by atoms with Crippen LogP contribution in [0, 0.1) is 0 Å². The molecule has 0 N–H and O–H groups in total. The highest BCUT2D eigenvalue weighted by molar-refractivity contribution is 9.10. The van der Waals surface area contributed by atoms with Gasteiger partial charge in [-0.25, -0.2) is 0 Å². The summed E-state index contributed by atoms with van der Waals surface area (Å²) in [6.07, 6.45) is 0. The second-order valence-electron chi connectivity index (χ2n) is 8.54. The lowest BCUT2D eigenvalue weighted by Gasteiger charge is -2.44. The molecular formula is C27H25BrN2O3. The highest BCUT2D eigenvalue weighted by atomic mass is 79.9. The van der Waals surface area contributed by atoms with Crippen molar-refractivity contribution >= 4 is 27.5 Å². The molecule has 0 spiro atoms. The monoisotopic (exact) mass is 504 g/mol. The van der Waals surface area contributed by atoms with E-state index in [4.69, 9.17) is 4.74 Å². The average Bonchev–Trinajstić information content (AvgIpc) is 3.08. The van der Waals surface area contributed by atoms with Crippen molar-refractivity contribution in [1.82, 2.24) is 9.80 Å². The topological polar surface area (TPSA) is 49.9 Å². The number of hydrogen-bond acceptors (Lipinski definition) is 5. The van der Waals surface area contributed by atoms with Crippen LogP contribution in [0.2, 0.25) is 0 Å². The zero-order valence-electron chi connectivity index (χ0n) is 18.5. The Hall–Kier alpha value is -2.80. The van der Waals surface area contributed by atoms with Gasteiger partial charge in [-0.05, 0) is 35.4 Å². The molecule has 5 nitrogen and oxygen atoms in total. The molecule has 33 heavy (non-hydrogen) atoms. The highest BCUT2D eigenvalue weighted by Gasteiger charge is 2.58. The lowest BCUT2D eigenvalue weighted by Crippen LogP contribution is -2.60. The Morgan fingerprint density at radius 3 is 2.06 bits per heavy atom. The molecule has 5 rings (SSSR count). The molecule has 168 valence electrons. The first-order valence-corrected chi connectivity index (χ1v) is 11.9. The number of carbonyl (C=O) groups is 2. The van der Waals surface area contributed by atoms with Gasteiger partial charge < -0.3 is 4.74 Å². The van der Waals surface area contributed by atoms with Gasteiger partial charge in [0.05, 0.1) is 7.11 Å². The van der Waals surface area contributed by atoms with Crippen LogP contribution in [0.25, 0.3) is 0 Å². The standard InChI is InChI=1S/C27H25BrN2O3/c1-33-22-11-9-19(10-12-22)18-29-13-15-30(16-14-29)27(20-5-4-6-21(28)17-20)25(31)23-7-2-3-8-24(23)26(27)32/h2-12,17H,13-16,18H2,1H3. The summed E-state index contributed by atoms with van der Waals surface area (Å²) in [4.78, 5) is 32.2. The average molecular weight is 505 g/mol. The van der Waals surface area contributed by atoms with Crippen molar-refractivity contribution in [2.24, 2.45) is 0 Å². The molecule has 1 saturated heterocycles. The minimum absolute atomic E-state index is 0.121. The molecule has 1 fully saturated rings. The summed E-state index contributed by atoms with van der Waals surface area (Å²) in [5, 5.41) is 0. The number of piperazine rings is 1. The minimum Gasteiger partial charge on any atom is -0.497 e. The largest absolute Gasteiger partial charge is 0.497 e. The Kier molecular flexibility index (Phi) is 5.91. The number of methoxy groups -OCH3 is 1. The van der Waals surface area contributed by atoms with E-state index in [1.165, 1.54) is 5.56 Å². The van der Waals surface area contributed by atoms with E-state index < -0.39 is 5.54 Å². The van der Waals surface area contributed by atoms with Crippen molar-refractivity contribution in [3.63, 3.8) is 0 Å². The van der Waals surface area contributed by atoms with Gasteiger partial charge in [-0.15, -0.1) is 0 Å². The smallest absolute Gasteiger partial charge is 0.196 e. The molecule has 6 heteroatoms. The number of ketones is 2. The second kappa shape index (κ2) is 8.86. The van der Waals surface area contributed by atoms with E-state index in [-0.39, 0.29) is 11.6 Å². The van der Waals surface area contributed by atoms with Gasteiger partial charge in [-0.1, -0.05) is 64.5 Å². The summed E-state index contributed by atoms with van der Waals surface area (Å²) in [6.45, 7) is 3.64. The van der Waals surface area contributed by atoms with Gasteiger partial charge in [-0.2, -0.15) is 0 Å². The van der Waals surface area contributed by atoms with Crippen molar-refractivity contribution in [3.8, 4) is 5.75 Å². The Balaban J connectivity index is 1.43. The fourth-order valence-corrected chi connectivity index (χ4v) is 5.45. The van der Waals surface area contributed by atoms with Gasteiger partial charge in [0.25, 0.3) is 0 Å². The third-order valence-electron chi connectivity index (χ3n) is 6.73. The number of nitrogens with zero attached hydrogens (tertiary/aromatic N) is 2.